The summed E-state index contributed by atoms with van der Waals surface area (Å²) in [5.41, 5.74) is -0.988. The zero-order valence-corrected chi connectivity index (χ0v) is 13.2. The van der Waals surface area contributed by atoms with E-state index in [0.717, 1.165) is 29.8 Å². The number of hydrogen-bond acceptors (Lipinski definition) is 5. The summed E-state index contributed by atoms with van der Waals surface area (Å²) in [6, 6.07) is 0. The average Bonchev–Trinajstić information content (AvgIpc) is 2.55. The second-order valence-electron chi connectivity index (χ2n) is 4.95. The van der Waals surface area contributed by atoms with Crippen molar-refractivity contribution in [2.45, 2.75) is 31.7 Å². The van der Waals surface area contributed by atoms with E-state index >= 15 is 0 Å². The molecule has 0 atom stereocenters. The van der Waals surface area contributed by atoms with Crippen molar-refractivity contribution in [3.8, 4) is 0 Å². The van der Waals surface area contributed by atoms with Crippen LogP contribution < -0.4 is 0 Å². The van der Waals surface area contributed by atoms with Gasteiger partial charge in [-0.3, -0.25) is 14.5 Å². The minimum Gasteiger partial charge on any atom is -0.516 e. The molecule has 126 valence electrons. The Morgan fingerprint density at radius 3 is 1.65 bits per heavy atom. The first kappa shape index (κ1) is 20.2. The molecule has 6 heteroatoms. The third kappa shape index (κ3) is 5.50. The van der Waals surface area contributed by atoms with Crippen LogP contribution in [0.2, 0.25) is 0 Å². The maximum Gasteiger partial charge on any atom is 0.256 e. The summed E-state index contributed by atoms with van der Waals surface area (Å²) < 4.78 is 0. The van der Waals surface area contributed by atoms with Crippen LogP contribution in [0.15, 0.2) is 61.8 Å². The number of amides is 2. The smallest absolute Gasteiger partial charge is 0.256 e. The maximum atomic E-state index is 12.5. The van der Waals surface area contributed by atoms with Gasteiger partial charge in [0.25, 0.3) is 11.8 Å². The van der Waals surface area contributed by atoms with Gasteiger partial charge in [0.1, 0.15) is 0 Å². The Kier molecular flexibility index (Phi) is 8.84. The van der Waals surface area contributed by atoms with E-state index < -0.39 is 17.4 Å². The van der Waals surface area contributed by atoms with E-state index in [2.05, 4.69) is 13.2 Å². The summed E-state index contributed by atoms with van der Waals surface area (Å²) in [4.78, 5) is 25.7. The number of carbonyl (C=O) groups is 2. The molecule has 0 spiro atoms. The third-order valence-electron chi connectivity index (χ3n) is 3.25. The van der Waals surface area contributed by atoms with Gasteiger partial charge in [-0.25, -0.2) is 0 Å². The van der Waals surface area contributed by atoms with Crippen molar-refractivity contribution in [3.05, 3.63) is 61.8 Å². The molecular formula is C17H23NO5. The van der Waals surface area contributed by atoms with Gasteiger partial charge in [-0.15, -0.1) is 0 Å². The second kappa shape index (κ2) is 10.0. The van der Waals surface area contributed by atoms with E-state index in [1.165, 1.54) is 25.2 Å². The van der Waals surface area contributed by atoms with E-state index in [0.29, 0.717) is 0 Å². The Morgan fingerprint density at radius 2 is 1.39 bits per heavy atom. The molecule has 0 fully saturated rings. The van der Waals surface area contributed by atoms with Crippen molar-refractivity contribution in [3.63, 3.8) is 0 Å². The quantitative estimate of drug-likeness (QED) is 0.447. The van der Waals surface area contributed by atoms with Gasteiger partial charge in [0.15, 0.2) is 0 Å². The van der Waals surface area contributed by atoms with E-state index in [1.54, 1.807) is 0 Å². The molecule has 0 saturated carbocycles. The number of aliphatic hydroxyl groups is 3. The SMILES string of the molecule is C=CC(=O)N(C(=O)C(=C)C)C(CC=CO)(CC=CO)CC=CO. The van der Waals surface area contributed by atoms with E-state index in [9.17, 15) is 9.59 Å². The molecule has 0 aliphatic rings. The molecule has 23 heavy (non-hydrogen) atoms. The van der Waals surface area contributed by atoms with Crippen molar-refractivity contribution >= 4 is 11.8 Å². The first-order valence-corrected chi connectivity index (χ1v) is 6.94. The fraction of sp³-hybridized carbons (Fsp3) is 0.294. The number of imide groups is 1. The molecule has 0 aliphatic heterocycles. The van der Waals surface area contributed by atoms with Gasteiger partial charge in [0, 0.05) is 5.57 Å². The van der Waals surface area contributed by atoms with Crippen LogP contribution in [0.3, 0.4) is 0 Å². The highest BCUT2D eigenvalue weighted by Crippen LogP contribution is 2.32. The monoisotopic (exact) mass is 321 g/mol. The van der Waals surface area contributed by atoms with Crippen LogP contribution in [0.1, 0.15) is 26.2 Å². The van der Waals surface area contributed by atoms with Crippen molar-refractivity contribution in [2.24, 2.45) is 0 Å². The molecule has 0 heterocycles. The normalized spacial score (nSPS) is 14.1. The van der Waals surface area contributed by atoms with Crippen LogP contribution >= 0.6 is 0 Å². The lowest BCUT2D eigenvalue weighted by Gasteiger charge is -2.41. The Hall–Kier alpha value is -2.76. The second-order valence-corrected chi connectivity index (χ2v) is 4.95. The first-order chi connectivity index (χ1) is 10.9. The van der Waals surface area contributed by atoms with Crippen molar-refractivity contribution in [1.82, 2.24) is 4.90 Å². The van der Waals surface area contributed by atoms with E-state index in [-0.39, 0.29) is 24.8 Å². The fourth-order valence-corrected chi connectivity index (χ4v) is 2.17. The zero-order chi connectivity index (χ0) is 17.9. The summed E-state index contributed by atoms with van der Waals surface area (Å²) in [5.74, 6) is -1.24. The zero-order valence-electron chi connectivity index (χ0n) is 13.2. The third-order valence-corrected chi connectivity index (χ3v) is 3.25. The molecule has 2 amide bonds. The number of nitrogens with zero attached hydrogens (tertiary/aromatic N) is 1. The lowest BCUT2D eigenvalue weighted by atomic mass is 9.84. The van der Waals surface area contributed by atoms with Gasteiger partial charge in [0.05, 0.1) is 24.3 Å². The average molecular weight is 321 g/mol. The van der Waals surface area contributed by atoms with Crippen molar-refractivity contribution in [2.75, 3.05) is 0 Å². The highest BCUT2D eigenvalue weighted by molar-refractivity contribution is 6.07. The molecule has 0 unspecified atom stereocenters. The van der Waals surface area contributed by atoms with E-state index in [1.807, 2.05) is 0 Å². The van der Waals surface area contributed by atoms with Gasteiger partial charge in [-0.05, 0) is 50.5 Å². The summed E-state index contributed by atoms with van der Waals surface area (Å²) in [6.45, 7) is 8.44. The molecule has 0 saturated heterocycles. The highest BCUT2D eigenvalue weighted by atomic mass is 16.2. The number of hydrogen-bond donors (Lipinski definition) is 3. The van der Waals surface area contributed by atoms with Gasteiger partial charge >= 0.3 is 0 Å². The van der Waals surface area contributed by atoms with Crippen LogP contribution in [0.4, 0.5) is 0 Å². The Balaban J connectivity index is 6.21. The molecule has 0 rings (SSSR count). The topological polar surface area (TPSA) is 98.1 Å². The highest BCUT2D eigenvalue weighted by Gasteiger charge is 2.40. The lowest BCUT2D eigenvalue weighted by molar-refractivity contribution is -0.146. The molecule has 6 nitrogen and oxygen atoms in total. The summed E-state index contributed by atoms with van der Waals surface area (Å²) in [5, 5.41) is 26.9. The van der Waals surface area contributed by atoms with E-state index in [4.69, 9.17) is 15.3 Å². The number of carbonyl (C=O) groups excluding carboxylic acids is 2. The van der Waals surface area contributed by atoms with Crippen LogP contribution in [-0.4, -0.2) is 37.6 Å². The predicted octanol–water partition coefficient (Wildman–Crippen LogP) is 3.23. The molecule has 0 aromatic rings. The van der Waals surface area contributed by atoms with Crippen LogP contribution in [0.25, 0.3) is 0 Å². The molecular weight excluding hydrogens is 298 g/mol. The predicted molar refractivity (Wildman–Crippen MR) is 88.8 cm³/mol. The van der Waals surface area contributed by atoms with Crippen LogP contribution in [0.5, 0.6) is 0 Å². The molecule has 0 aromatic heterocycles. The number of rotatable bonds is 9. The summed E-state index contributed by atoms with van der Waals surface area (Å²) in [7, 11) is 0. The summed E-state index contributed by atoms with van der Waals surface area (Å²) >= 11 is 0. The lowest BCUT2D eigenvalue weighted by Crippen LogP contribution is -2.54. The van der Waals surface area contributed by atoms with Crippen molar-refractivity contribution < 1.29 is 24.9 Å². The Morgan fingerprint density at radius 1 is 1.00 bits per heavy atom. The minimum absolute atomic E-state index is 0.108. The van der Waals surface area contributed by atoms with Gasteiger partial charge in [0.2, 0.25) is 0 Å². The largest absolute Gasteiger partial charge is 0.516 e. The standard InChI is InChI=1S/C17H23NO5/c1-4-15(22)18(16(23)14(2)3)17(8-5-11-19,9-6-12-20)10-7-13-21/h4-7,11-13,19-21H,1-2,8-10H2,3H3. The molecule has 0 aromatic carbocycles. The summed E-state index contributed by atoms with van der Waals surface area (Å²) in [6.07, 6.45) is 7.89. The van der Waals surface area contributed by atoms with Crippen molar-refractivity contribution in [1.29, 1.82) is 0 Å². The van der Waals surface area contributed by atoms with Crippen LogP contribution in [0, 0.1) is 0 Å². The molecule has 0 aliphatic carbocycles. The molecule has 0 bridgehead atoms. The number of aliphatic hydroxyl groups excluding tert-OH is 3. The minimum atomic E-state index is -1.14. The Labute approximate surface area is 136 Å². The first-order valence-electron chi connectivity index (χ1n) is 6.94. The Bertz CT molecular complexity index is 495. The van der Waals surface area contributed by atoms with Gasteiger partial charge in [-0.2, -0.15) is 0 Å². The van der Waals surface area contributed by atoms with Gasteiger partial charge < -0.3 is 15.3 Å². The molecule has 0 radical (unpaired) electrons. The molecule has 3 N–H and O–H groups in total. The van der Waals surface area contributed by atoms with Gasteiger partial charge in [-0.1, -0.05) is 13.2 Å². The fourth-order valence-electron chi connectivity index (χ4n) is 2.17. The van der Waals surface area contributed by atoms with Crippen LogP contribution in [-0.2, 0) is 9.59 Å². The maximum absolute atomic E-state index is 12.5.